The molecule has 1 fully saturated rings. The van der Waals surface area contributed by atoms with Crippen LogP contribution in [0.1, 0.15) is 18.9 Å². The van der Waals surface area contributed by atoms with Gasteiger partial charge in [-0.15, -0.1) is 0 Å². The second-order valence-corrected chi connectivity index (χ2v) is 4.97. The van der Waals surface area contributed by atoms with Gasteiger partial charge in [0.15, 0.2) is 0 Å². The second-order valence-electron chi connectivity index (χ2n) is 4.97. The molecule has 100 valence electrons. The van der Waals surface area contributed by atoms with Crippen LogP contribution in [0.15, 0.2) is 30.3 Å². The average Bonchev–Trinajstić information content (AvgIpc) is 2.40. The number of alkyl halides is 3. The molecule has 0 aliphatic heterocycles. The van der Waals surface area contributed by atoms with Crippen molar-refractivity contribution in [2.24, 2.45) is 5.92 Å². The molecule has 1 aliphatic carbocycles. The van der Waals surface area contributed by atoms with Gasteiger partial charge < -0.3 is 5.32 Å². The van der Waals surface area contributed by atoms with Gasteiger partial charge in [-0.25, -0.2) is 13.2 Å². The summed E-state index contributed by atoms with van der Waals surface area (Å²) in [6, 6.07) is 8.69. The maximum atomic E-state index is 13.8. The van der Waals surface area contributed by atoms with Gasteiger partial charge in [0.1, 0.15) is 18.5 Å². The molecule has 1 aromatic rings. The van der Waals surface area contributed by atoms with Gasteiger partial charge >= 0.3 is 0 Å². The fourth-order valence-electron chi connectivity index (χ4n) is 2.34. The molecule has 1 nitrogen and oxygen atoms in total. The predicted molar refractivity (Wildman–Crippen MR) is 65.5 cm³/mol. The Kier molecular flexibility index (Phi) is 4.27. The Balaban J connectivity index is 1.93. The third kappa shape index (κ3) is 2.86. The van der Waals surface area contributed by atoms with Crippen LogP contribution in [-0.2, 0) is 6.54 Å². The third-order valence-electron chi connectivity index (χ3n) is 3.65. The Morgan fingerprint density at radius 2 is 1.78 bits per heavy atom. The first-order valence-electron chi connectivity index (χ1n) is 6.29. The lowest BCUT2D eigenvalue weighted by molar-refractivity contribution is -0.00234. The molecule has 1 aromatic carbocycles. The predicted octanol–water partition coefficient (Wildman–Crippen LogP) is 3.20. The average molecular weight is 257 g/mol. The van der Waals surface area contributed by atoms with Gasteiger partial charge in [0, 0.05) is 18.5 Å². The molecule has 1 N–H and O–H groups in total. The molecular weight excluding hydrogens is 239 g/mol. The number of hydrogen-bond acceptors (Lipinski definition) is 1. The van der Waals surface area contributed by atoms with Crippen LogP contribution in [0.4, 0.5) is 13.2 Å². The summed E-state index contributed by atoms with van der Waals surface area (Å²) in [6.07, 6.45) is -4.59. The van der Waals surface area contributed by atoms with Crippen LogP contribution >= 0.6 is 0 Å². The Morgan fingerprint density at radius 1 is 1.11 bits per heavy atom. The van der Waals surface area contributed by atoms with Crippen molar-refractivity contribution >= 4 is 0 Å². The summed E-state index contributed by atoms with van der Waals surface area (Å²) in [4.78, 5) is 0. The maximum Gasteiger partial charge on any atom is 0.147 e. The molecular formula is C14H18F3N. The van der Waals surface area contributed by atoms with E-state index in [2.05, 4.69) is 5.32 Å². The zero-order valence-corrected chi connectivity index (χ0v) is 10.3. The van der Waals surface area contributed by atoms with Crippen molar-refractivity contribution < 1.29 is 13.2 Å². The molecule has 0 amide bonds. The van der Waals surface area contributed by atoms with E-state index < -0.39 is 30.5 Å². The molecule has 1 aliphatic rings. The monoisotopic (exact) mass is 257 g/mol. The summed E-state index contributed by atoms with van der Waals surface area (Å²) in [6.45, 7) is 1.86. The van der Waals surface area contributed by atoms with Crippen LogP contribution in [0.25, 0.3) is 0 Å². The Morgan fingerprint density at radius 3 is 2.44 bits per heavy atom. The van der Waals surface area contributed by atoms with E-state index in [-0.39, 0.29) is 6.42 Å². The molecule has 4 heteroatoms. The third-order valence-corrected chi connectivity index (χ3v) is 3.65. The summed E-state index contributed by atoms with van der Waals surface area (Å²) in [7, 11) is 0. The number of benzene rings is 1. The Labute approximate surface area is 105 Å². The number of hydrogen-bond donors (Lipinski definition) is 1. The molecule has 2 rings (SSSR count). The van der Waals surface area contributed by atoms with E-state index in [4.69, 9.17) is 0 Å². The van der Waals surface area contributed by atoms with E-state index in [1.165, 1.54) is 6.92 Å². The fourth-order valence-corrected chi connectivity index (χ4v) is 2.34. The SMILES string of the molecule is CC1C(F)CC(NCc2ccccc2)C(F)C1F. The highest BCUT2D eigenvalue weighted by Crippen LogP contribution is 2.32. The molecule has 0 saturated heterocycles. The van der Waals surface area contributed by atoms with E-state index in [1.807, 2.05) is 30.3 Å². The van der Waals surface area contributed by atoms with Crippen molar-refractivity contribution in [2.45, 2.75) is 44.4 Å². The van der Waals surface area contributed by atoms with Gasteiger partial charge in [-0.3, -0.25) is 0 Å². The molecule has 0 spiro atoms. The van der Waals surface area contributed by atoms with Crippen LogP contribution < -0.4 is 5.32 Å². The summed E-state index contributed by atoms with van der Waals surface area (Å²) < 4.78 is 40.8. The zero-order chi connectivity index (χ0) is 13.1. The molecule has 0 aromatic heterocycles. The highest BCUT2D eigenvalue weighted by Gasteiger charge is 2.43. The van der Waals surface area contributed by atoms with Crippen LogP contribution in [0, 0.1) is 5.92 Å². The summed E-state index contributed by atoms with van der Waals surface area (Å²) in [5.41, 5.74) is 0.981. The van der Waals surface area contributed by atoms with Crippen molar-refractivity contribution in [1.82, 2.24) is 5.32 Å². The maximum absolute atomic E-state index is 13.8. The first-order valence-corrected chi connectivity index (χ1v) is 6.29. The van der Waals surface area contributed by atoms with Gasteiger partial charge in [-0.05, 0) is 12.0 Å². The van der Waals surface area contributed by atoms with E-state index in [9.17, 15) is 13.2 Å². The fraction of sp³-hybridized carbons (Fsp3) is 0.571. The lowest BCUT2D eigenvalue weighted by Crippen LogP contribution is -2.52. The molecule has 5 unspecified atom stereocenters. The standard InChI is InChI=1S/C14H18F3N/c1-9-11(15)7-12(14(17)13(9)16)18-8-10-5-3-2-4-6-10/h2-6,9,11-14,18H,7-8H2,1H3. The van der Waals surface area contributed by atoms with Crippen molar-refractivity contribution in [2.75, 3.05) is 0 Å². The topological polar surface area (TPSA) is 12.0 Å². The van der Waals surface area contributed by atoms with Gasteiger partial charge in [0.05, 0.1) is 0 Å². The van der Waals surface area contributed by atoms with Crippen LogP contribution in [-0.4, -0.2) is 24.6 Å². The molecule has 18 heavy (non-hydrogen) atoms. The highest BCUT2D eigenvalue weighted by molar-refractivity contribution is 5.14. The molecule has 1 saturated carbocycles. The lowest BCUT2D eigenvalue weighted by atomic mass is 9.82. The minimum Gasteiger partial charge on any atom is -0.307 e. The van der Waals surface area contributed by atoms with Crippen LogP contribution in [0.5, 0.6) is 0 Å². The first-order chi connectivity index (χ1) is 8.59. The normalized spacial score (nSPS) is 36.6. The molecule has 5 atom stereocenters. The lowest BCUT2D eigenvalue weighted by Gasteiger charge is -2.36. The molecule has 0 radical (unpaired) electrons. The highest BCUT2D eigenvalue weighted by atomic mass is 19.2. The number of nitrogens with one attached hydrogen (secondary N) is 1. The van der Waals surface area contributed by atoms with E-state index >= 15 is 0 Å². The van der Waals surface area contributed by atoms with E-state index in [1.54, 1.807) is 0 Å². The van der Waals surface area contributed by atoms with E-state index in [0.29, 0.717) is 6.54 Å². The van der Waals surface area contributed by atoms with Crippen molar-refractivity contribution in [3.63, 3.8) is 0 Å². The van der Waals surface area contributed by atoms with Crippen molar-refractivity contribution in [3.05, 3.63) is 35.9 Å². The smallest absolute Gasteiger partial charge is 0.147 e. The number of rotatable bonds is 3. The van der Waals surface area contributed by atoms with Gasteiger partial charge in [0.2, 0.25) is 0 Å². The summed E-state index contributed by atoms with van der Waals surface area (Å²) in [5, 5.41) is 2.91. The molecule has 0 bridgehead atoms. The quantitative estimate of drug-likeness (QED) is 0.876. The zero-order valence-electron chi connectivity index (χ0n) is 10.3. The van der Waals surface area contributed by atoms with Crippen LogP contribution in [0.3, 0.4) is 0 Å². The molecule has 0 heterocycles. The van der Waals surface area contributed by atoms with Crippen molar-refractivity contribution in [1.29, 1.82) is 0 Å². The van der Waals surface area contributed by atoms with Crippen molar-refractivity contribution in [3.8, 4) is 0 Å². The number of halogens is 3. The minimum atomic E-state index is -1.72. The Hall–Kier alpha value is -1.03. The summed E-state index contributed by atoms with van der Waals surface area (Å²) >= 11 is 0. The second kappa shape index (κ2) is 5.74. The van der Waals surface area contributed by atoms with Crippen LogP contribution in [0.2, 0.25) is 0 Å². The summed E-state index contributed by atoms with van der Waals surface area (Å²) in [5.74, 6) is -0.852. The first kappa shape index (κ1) is 13.4. The van der Waals surface area contributed by atoms with E-state index in [0.717, 1.165) is 5.56 Å². The van der Waals surface area contributed by atoms with Gasteiger partial charge in [-0.2, -0.15) is 0 Å². The largest absolute Gasteiger partial charge is 0.307 e. The Bertz CT molecular complexity index is 371. The minimum absolute atomic E-state index is 0.0373. The van der Waals surface area contributed by atoms with Gasteiger partial charge in [0.25, 0.3) is 0 Å². The van der Waals surface area contributed by atoms with Gasteiger partial charge in [-0.1, -0.05) is 37.3 Å².